The number of nitrogens with zero attached hydrogens (tertiary/aromatic N) is 4. The minimum Gasteiger partial charge on any atom is -0.345 e. The summed E-state index contributed by atoms with van der Waals surface area (Å²) in [5.74, 6) is -0.0856. The van der Waals surface area contributed by atoms with Gasteiger partial charge in [-0.2, -0.15) is 0 Å². The van der Waals surface area contributed by atoms with Crippen LogP contribution in [0.15, 0.2) is 30.6 Å². The van der Waals surface area contributed by atoms with Crippen LogP contribution in [0.4, 0.5) is 5.13 Å². The molecule has 8 heteroatoms. The number of amides is 1. The van der Waals surface area contributed by atoms with Crippen LogP contribution >= 0.6 is 11.3 Å². The van der Waals surface area contributed by atoms with Crippen LogP contribution in [-0.4, -0.2) is 45.0 Å². The minimum atomic E-state index is -0.0856. The van der Waals surface area contributed by atoms with Crippen LogP contribution in [0.1, 0.15) is 23.5 Å². The molecule has 0 radical (unpaired) electrons. The van der Waals surface area contributed by atoms with Crippen LogP contribution < -0.4 is 10.6 Å². The molecule has 4 rings (SSSR count). The minimum absolute atomic E-state index is 0.0856. The van der Waals surface area contributed by atoms with E-state index >= 15 is 0 Å². The highest BCUT2D eigenvalue weighted by Gasteiger charge is 2.24. The lowest BCUT2D eigenvalue weighted by Gasteiger charge is -2.33. The first kappa shape index (κ1) is 17.1. The molecule has 1 aliphatic rings. The Morgan fingerprint density at radius 3 is 3.15 bits per heavy atom. The average Bonchev–Trinajstić information content (AvgIpc) is 3.19. The van der Waals surface area contributed by atoms with Crippen LogP contribution in [0.3, 0.4) is 0 Å². The molecule has 0 saturated carbocycles. The number of thiazole rings is 1. The van der Waals surface area contributed by atoms with Crippen LogP contribution in [0.2, 0.25) is 0 Å². The lowest BCUT2D eigenvalue weighted by Crippen LogP contribution is -2.45. The van der Waals surface area contributed by atoms with Crippen molar-refractivity contribution in [3.05, 3.63) is 41.2 Å². The van der Waals surface area contributed by atoms with Crippen molar-refractivity contribution in [1.29, 1.82) is 0 Å². The molecule has 4 heterocycles. The number of fused-ring (bicyclic) bond motifs is 1. The summed E-state index contributed by atoms with van der Waals surface area (Å²) in [4.78, 5) is 23.5. The maximum absolute atomic E-state index is 11.1. The van der Waals surface area contributed by atoms with Crippen molar-refractivity contribution in [3.8, 4) is 0 Å². The van der Waals surface area contributed by atoms with E-state index in [2.05, 4.69) is 49.2 Å². The van der Waals surface area contributed by atoms with Gasteiger partial charge in [0, 0.05) is 63.1 Å². The zero-order chi connectivity index (χ0) is 18.1. The van der Waals surface area contributed by atoms with E-state index in [9.17, 15) is 4.79 Å². The van der Waals surface area contributed by atoms with E-state index in [0.717, 1.165) is 42.1 Å². The summed E-state index contributed by atoms with van der Waals surface area (Å²) in [6, 6.07) is 6.53. The number of piperazine rings is 1. The number of hydrogen-bond donors (Lipinski definition) is 2. The number of rotatable bonds is 4. The van der Waals surface area contributed by atoms with Crippen molar-refractivity contribution in [2.24, 2.45) is 7.05 Å². The lowest BCUT2D eigenvalue weighted by molar-refractivity contribution is -0.114. The first-order valence-corrected chi connectivity index (χ1v) is 9.50. The van der Waals surface area contributed by atoms with Gasteiger partial charge in [-0.25, -0.2) is 4.98 Å². The number of carbonyl (C=O) groups is 1. The Hall–Kier alpha value is -2.29. The largest absolute Gasteiger partial charge is 0.345 e. The van der Waals surface area contributed by atoms with Crippen LogP contribution in [0.25, 0.3) is 11.0 Å². The van der Waals surface area contributed by atoms with Gasteiger partial charge in [0.2, 0.25) is 5.91 Å². The Balaban J connectivity index is 1.47. The molecule has 1 aliphatic heterocycles. The highest BCUT2D eigenvalue weighted by molar-refractivity contribution is 7.15. The highest BCUT2D eigenvalue weighted by Crippen LogP contribution is 2.26. The molecule has 0 aliphatic carbocycles. The summed E-state index contributed by atoms with van der Waals surface area (Å²) < 4.78 is 2.23. The lowest BCUT2D eigenvalue weighted by atomic mass is 10.1. The summed E-state index contributed by atoms with van der Waals surface area (Å²) in [5.41, 5.74) is 3.45. The van der Waals surface area contributed by atoms with E-state index in [-0.39, 0.29) is 11.9 Å². The molecule has 1 atom stereocenters. The number of pyridine rings is 1. The summed E-state index contributed by atoms with van der Waals surface area (Å²) in [6.45, 7) is 5.21. The van der Waals surface area contributed by atoms with Crippen molar-refractivity contribution >= 4 is 33.4 Å². The second-order valence-electron chi connectivity index (χ2n) is 6.59. The molecular weight excluding hydrogens is 348 g/mol. The second kappa shape index (κ2) is 7.14. The molecular formula is C18H22N6OS. The van der Waals surface area contributed by atoms with Gasteiger partial charge in [-0.1, -0.05) is 0 Å². The number of aromatic nitrogens is 3. The predicted molar refractivity (Wildman–Crippen MR) is 103 cm³/mol. The maximum atomic E-state index is 11.1. The van der Waals surface area contributed by atoms with E-state index in [4.69, 9.17) is 0 Å². The molecule has 3 aromatic rings. The van der Waals surface area contributed by atoms with Gasteiger partial charge in [0.15, 0.2) is 5.13 Å². The molecule has 0 bridgehead atoms. The number of aryl methyl sites for hydroxylation is 1. The Labute approximate surface area is 156 Å². The molecule has 3 aromatic heterocycles. The van der Waals surface area contributed by atoms with Crippen molar-refractivity contribution in [2.75, 3.05) is 25.0 Å². The summed E-state index contributed by atoms with van der Waals surface area (Å²) in [6.07, 6.45) is 3.69. The third kappa shape index (κ3) is 3.48. The van der Waals surface area contributed by atoms with Crippen molar-refractivity contribution in [3.63, 3.8) is 0 Å². The Morgan fingerprint density at radius 1 is 1.46 bits per heavy atom. The molecule has 1 unspecified atom stereocenters. The quantitative estimate of drug-likeness (QED) is 0.736. The van der Waals surface area contributed by atoms with E-state index in [1.807, 2.05) is 18.5 Å². The van der Waals surface area contributed by atoms with Crippen LogP contribution in [0.5, 0.6) is 0 Å². The normalized spacial score (nSPS) is 18.3. The van der Waals surface area contributed by atoms with Crippen molar-refractivity contribution < 1.29 is 4.79 Å². The standard InChI is InChI=1S/C18H22N6OS/c1-12(25)22-18-21-9-13(26-18)10-24-7-6-20-15(11-24)17-8-14-16(23(17)2)4-3-5-19-14/h3-5,8-9,15,20H,6-7,10-11H2,1-2H3,(H,21,22,25). The topological polar surface area (TPSA) is 75.1 Å². The van der Waals surface area contributed by atoms with E-state index in [1.54, 1.807) is 0 Å². The molecule has 0 aromatic carbocycles. The fraction of sp³-hybridized carbons (Fsp3) is 0.389. The number of nitrogens with one attached hydrogen (secondary N) is 2. The third-order valence-electron chi connectivity index (χ3n) is 4.68. The molecule has 26 heavy (non-hydrogen) atoms. The molecule has 2 N–H and O–H groups in total. The highest BCUT2D eigenvalue weighted by atomic mass is 32.1. The molecule has 0 spiro atoms. The second-order valence-corrected chi connectivity index (χ2v) is 7.71. The zero-order valence-corrected chi connectivity index (χ0v) is 15.7. The molecule has 1 fully saturated rings. The van der Waals surface area contributed by atoms with Gasteiger partial charge in [-0.15, -0.1) is 11.3 Å². The molecule has 7 nitrogen and oxygen atoms in total. The van der Waals surface area contributed by atoms with Gasteiger partial charge in [0.25, 0.3) is 0 Å². The SMILES string of the molecule is CC(=O)Nc1ncc(CN2CCNC(c3cc4ncccc4n3C)C2)s1. The Bertz CT molecular complexity index is 933. The van der Waals surface area contributed by atoms with Crippen LogP contribution in [-0.2, 0) is 18.4 Å². The number of anilines is 1. The Morgan fingerprint density at radius 2 is 2.35 bits per heavy atom. The predicted octanol–water partition coefficient (Wildman–Crippen LogP) is 2.13. The van der Waals surface area contributed by atoms with Gasteiger partial charge >= 0.3 is 0 Å². The van der Waals surface area contributed by atoms with Gasteiger partial charge in [0.05, 0.1) is 17.1 Å². The van der Waals surface area contributed by atoms with Crippen molar-refractivity contribution in [2.45, 2.75) is 19.5 Å². The fourth-order valence-corrected chi connectivity index (χ4v) is 4.38. The summed E-state index contributed by atoms with van der Waals surface area (Å²) in [7, 11) is 2.10. The molecule has 1 amide bonds. The molecule has 1 saturated heterocycles. The van der Waals surface area contributed by atoms with Gasteiger partial charge in [-0.3, -0.25) is 14.7 Å². The summed E-state index contributed by atoms with van der Waals surface area (Å²) >= 11 is 1.54. The van der Waals surface area contributed by atoms with Gasteiger partial charge < -0.3 is 15.2 Å². The van der Waals surface area contributed by atoms with Crippen molar-refractivity contribution in [1.82, 2.24) is 24.8 Å². The van der Waals surface area contributed by atoms with E-state index in [0.29, 0.717) is 5.13 Å². The number of hydrogen-bond acceptors (Lipinski definition) is 6. The first-order chi connectivity index (χ1) is 12.6. The fourth-order valence-electron chi connectivity index (χ4n) is 3.48. The van der Waals surface area contributed by atoms with Gasteiger partial charge in [-0.05, 0) is 18.2 Å². The number of carbonyl (C=O) groups excluding carboxylic acids is 1. The zero-order valence-electron chi connectivity index (χ0n) is 14.9. The van der Waals surface area contributed by atoms with Crippen LogP contribution in [0, 0.1) is 0 Å². The van der Waals surface area contributed by atoms with E-state index < -0.39 is 0 Å². The Kier molecular flexibility index (Phi) is 4.71. The third-order valence-corrected chi connectivity index (χ3v) is 5.58. The van der Waals surface area contributed by atoms with Gasteiger partial charge in [0.1, 0.15) is 0 Å². The maximum Gasteiger partial charge on any atom is 0.223 e. The van der Waals surface area contributed by atoms with E-state index in [1.165, 1.54) is 24.0 Å². The molecule has 136 valence electrons. The monoisotopic (exact) mass is 370 g/mol. The smallest absolute Gasteiger partial charge is 0.223 e. The summed E-state index contributed by atoms with van der Waals surface area (Å²) in [5, 5.41) is 7.04. The first-order valence-electron chi connectivity index (χ1n) is 8.68. The average molecular weight is 370 g/mol.